The van der Waals surface area contributed by atoms with Crippen molar-refractivity contribution >= 4 is 5.91 Å². The van der Waals surface area contributed by atoms with Crippen molar-refractivity contribution < 1.29 is 4.79 Å². The molecule has 2 unspecified atom stereocenters. The SMILES string of the molecule is O=C(N1CCC2(CNC2)C1)C12CC3CC(C1)CC(c1ccccc1)(C3)C2. The lowest BCUT2D eigenvalue weighted by atomic mass is 9.42. The van der Waals surface area contributed by atoms with Crippen LogP contribution in [0.2, 0.25) is 0 Å². The number of carbonyl (C=O) groups is 1. The Morgan fingerprint density at radius 1 is 1.04 bits per heavy atom. The van der Waals surface area contributed by atoms with Crippen LogP contribution in [0.3, 0.4) is 0 Å². The number of nitrogens with one attached hydrogen (secondary N) is 1. The van der Waals surface area contributed by atoms with Crippen molar-refractivity contribution in [1.82, 2.24) is 10.2 Å². The van der Waals surface area contributed by atoms with Gasteiger partial charge >= 0.3 is 0 Å². The second-order valence-corrected chi connectivity index (χ2v) is 10.5. The second-order valence-electron chi connectivity index (χ2n) is 10.5. The predicted octanol–water partition coefficient (Wildman–Crippen LogP) is 3.35. The third-order valence-corrected chi connectivity index (χ3v) is 8.63. The zero-order valence-corrected chi connectivity index (χ0v) is 15.7. The zero-order valence-electron chi connectivity index (χ0n) is 15.7. The Labute approximate surface area is 156 Å². The van der Waals surface area contributed by atoms with Gasteiger partial charge in [-0.05, 0) is 67.8 Å². The van der Waals surface area contributed by atoms with Gasteiger partial charge in [0.1, 0.15) is 0 Å². The van der Waals surface area contributed by atoms with E-state index in [2.05, 4.69) is 40.5 Å². The summed E-state index contributed by atoms with van der Waals surface area (Å²) in [6.07, 6.45) is 8.65. The van der Waals surface area contributed by atoms with Gasteiger partial charge in [-0.2, -0.15) is 0 Å². The van der Waals surface area contributed by atoms with Gasteiger partial charge in [-0.3, -0.25) is 4.79 Å². The predicted molar refractivity (Wildman–Crippen MR) is 102 cm³/mol. The Balaban J connectivity index is 1.33. The molecule has 1 amide bonds. The van der Waals surface area contributed by atoms with Gasteiger partial charge in [0.05, 0.1) is 5.41 Å². The zero-order chi connectivity index (χ0) is 17.4. The van der Waals surface area contributed by atoms with Crippen molar-refractivity contribution in [2.45, 2.75) is 50.4 Å². The van der Waals surface area contributed by atoms with Gasteiger partial charge in [-0.1, -0.05) is 30.3 Å². The maximum absolute atomic E-state index is 13.8. The quantitative estimate of drug-likeness (QED) is 0.887. The van der Waals surface area contributed by atoms with Gasteiger partial charge in [0.2, 0.25) is 5.91 Å². The minimum absolute atomic E-state index is 0.0529. The van der Waals surface area contributed by atoms with Gasteiger partial charge in [-0.15, -0.1) is 0 Å². The first-order valence-electron chi connectivity index (χ1n) is 10.7. The Morgan fingerprint density at radius 2 is 1.77 bits per heavy atom. The Morgan fingerprint density at radius 3 is 2.38 bits per heavy atom. The van der Waals surface area contributed by atoms with Crippen LogP contribution in [0.25, 0.3) is 0 Å². The first-order valence-corrected chi connectivity index (χ1v) is 10.7. The summed E-state index contributed by atoms with van der Waals surface area (Å²) in [7, 11) is 0. The smallest absolute Gasteiger partial charge is 0.228 e. The summed E-state index contributed by atoms with van der Waals surface area (Å²) < 4.78 is 0. The highest BCUT2D eigenvalue weighted by molar-refractivity contribution is 5.84. The molecule has 0 radical (unpaired) electrons. The third kappa shape index (κ3) is 2.07. The standard InChI is InChI=1S/C23H30N2O/c26-20(25-7-6-21(16-25)14-24-15-21)23-11-17-8-18(12-23)10-22(9-17,13-23)19-4-2-1-3-5-19/h1-5,17-18,24H,6-16H2. The van der Waals surface area contributed by atoms with Crippen LogP contribution in [0.15, 0.2) is 30.3 Å². The van der Waals surface area contributed by atoms with Crippen molar-refractivity contribution in [1.29, 1.82) is 0 Å². The van der Waals surface area contributed by atoms with E-state index in [1.54, 1.807) is 0 Å². The van der Waals surface area contributed by atoms with E-state index in [9.17, 15) is 4.79 Å². The van der Waals surface area contributed by atoms with E-state index in [4.69, 9.17) is 0 Å². The molecule has 2 saturated heterocycles. The normalized spacial score (nSPS) is 42.2. The first-order chi connectivity index (χ1) is 12.6. The molecule has 3 heteroatoms. The van der Waals surface area contributed by atoms with Crippen LogP contribution in [0, 0.1) is 22.7 Å². The summed E-state index contributed by atoms with van der Waals surface area (Å²) in [5.74, 6) is 2.06. The van der Waals surface area contributed by atoms with Crippen LogP contribution in [-0.4, -0.2) is 37.0 Å². The molecule has 1 spiro atoms. The minimum atomic E-state index is -0.0529. The fraction of sp³-hybridized carbons (Fsp3) is 0.696. The van der Waals surface area contributed by atoms with Crippen LogP contribution in [0.4, 0.5) is 0 Å². The summed E-state index contributed by atoms with van der Waals surface area (Å²) in [5.41, 5.74) is 2.14. The van der Waals surface area contributed by atoms with E-state index in [1.165, 1.54) is 44.1 Å². The average molecular weight is 351 g/mol. The van der Waals surface area contributed by atoms with E-state index in [0.29, 0.717) is 11.3 Å². The summed E-state index contributed by atoms with van der Waals surface area (Å²) >= 11 is 0. The summed E-state index contributed by atoms with van der Waals surface area (Å²) in [4.78, 5) is 16.1. The number of amides is 1. The van der Waals surface area contributed by atoms with Crippen molar-refractivity contribution in [3.8, 4) is 0 Å². The Bertz CT molecular complexity index is 724. The molecule has 1 aromatic carbocycles. The molecule has 4 bridgehead atoms. The maximum Gasteiger partial charge on any atom is 0.228 e. The Hall–Kier alpha value is -1.35. The lowest BCUT2D eigenvalue weighted by molar-refractivity contribution is -0.159. The number of likely N-dealkylation sites (tertiary alicyclic amines) is 1. The van der Waals surface area contributed by atoms with E-state index in [0.717, 1.165) is 44.4 Å². The van der Waals surface area contributed by atoms with Gasteiger partial charge < -0.3 is 10.2 Å². The molecular formula is C23H30N2O. The van der Waals surface area contributed by atoms with Gasteiger partial charge in [0.15, 0.2) is 0 Å². The van der Waals surface area contributed by atoms with Crippen molar-refractivity contribution in [2.75, 3.05) is 26.2 Å². The molecule has 138 valence electrons. The molecule has 0 aromatic heterocycles. The van der Waals surface area contributed by atoms with E-state index >= 15 is 0 Å². The van der Waals surface area contributed by atoms with Crippen molar-refractivity contribution in [3.63, 3.8) is 0 Å². The molecule has 2 heterocycles. The van der Waals surface area contributed by atoms with Crippen molar-refractivity contribution in [3.05, 3.63) is 35.9 Å². The Kier molecular flexibility index (Phi) is 3.09. The first kappa shape index (κ1) is 15.7. The van der Waals surface area contributed by atoms with Crippen LogP contribution < -0.4 is 5.32 Å². The second kappa shape index (κ2) is 5.13. The highest BCUT2D eigenvalue weighted by Crippen LogP contribution is 2.66. The molecule has 4 saturated carbocycles. The average Bonchev–Trinajstić information content (AvgIpc) is 3.07. The van der Waals surface area contributed by atoms with Crippen molar-refractivity contribution in [2.24, 2.45) is 22.7 Å². The lowest BCUT2D eigenvalue weighted by Crippen LogP contribution is -2.60. The highest BCUT2D eigenvalue weighted by atomic mass is 16.2. The third-order valence-electron chi connectivity index (χ3n) is 8.63. The number of hydrogen-bond donors (Lipinski definition) is 1. The monoisotopic (exact) mass is 350 g/mol. The summed E-state index contributed by atoms with van der Waals surface area (Å²) in [5, 5.41) is 3.43. The molecular weight excluding hydrogens is 320 g/mol. The van der Waals surface area contributed by atoms with Crippen LogP contribution in [0.5, 0.6) is 0 Å². The highest BCUT2D eigenvalue weighted by Gasteiger charge is 2.62. The molecule has 6 fully saturated rings. The van der Waals surface area contributed by atoms with Gasteiger partial charge in [0, 0.05) is 31.6 Å². The number of nitrogens with zero attached hydrogens (tertiary/aromatic N) is 1. The largest absolute Gasteiger partial charge is 0.342 e. The molecule has 4 aliphatic carbocycles. The summed E-state index contributed by atoms with van der Waals surface area (Å²) in [6, 6.07) is 11.2. The van der Waals surface area contributed by atoms with Crippen LogP contribution in [0.1, 0.15) is 50.5 Å². The fourth-order valence-electron chi connectivity index (χ4n) is 7.85. The van der Waals surface area contributed by atoms with Crippen LogP contribution >= 0.6 is 0 Å². The molecule has 7 rings (SSSR count). The van der Waals surface area contributed by atoms with Gasteiger partial charge in [-0.25, -0.2) is 0 Å². The van der Waals surface area contributed by atoms with Gasteiger partial charge in [0.25, 0.3) is 0 Å². The number of carbonyl (C=O) groups excluding carboxylic acids is 1. The molecule has 1 N–H and O–H groups in total. The molecule has 6 aliphatic rings. The number of hydrogen-bond acceptors (Lipinski definition) is 2. The molecule has 1 aromatic rings. The van der Waals surface area contributed by atoms with E-state index in [1.807, 2.05) is 0 Å². The summed E-state index contributed by atoms with van der Waals surface area (Å²) in [6.45, 7) is 4.23. The molecule has 2 atom stereocenters. The molecule has 26 heavy (non-hydrogen) atoms. The molecule has 2 aliphatic heterocycles. The minimum Gasteiger partial charge on any atom is -0.342 e. The topological polar surface area (TPSA) is 32.3 Å². The van der Waals surface area contributed by atoms with Crippen LogP contribution in [-0.2, 0) is 10.2 Å². The van der Waals surface area contributed by atoms with E-state index in [-0.39, 0.29) is 10.8 Å². The number of rotatable bonds is 2. The lowest BCUT2D eigenvalue weighted by Gasteiger charge is -2.62. The molecule has 3 nitrogen and oxygen atoms in total. The maximum atomic E-state index is 13.8. The number of benzene rings is 1. The fourth-order valence-corrected chi connectivity index (χ4v) is 7.85. The van der Waals surface area contributed by atoms with E-state index < -0.39 is 0 Å².